The minimum Gasteiger partial charge on any atom is -0.387 e. The normalized spacial score (nSPS) is 45.4. The molecule has 30 heavy (non-hydrogen) atoms. The average molecular weight is 415 g/mol. The number of fused-ring (bicyclic) bond motifs is 5. The Hall–Kier alpha value is -1.20. The number of hydrogen-bond donors (Lipinski definition) is 1. The molecule has 4 saturated carbocycles. The van der Waals surface area contributed by atoms with Gasteiger partial charge in [0.25, 0.3) is 0 Å². The number of hydrogen-bond acceptors (Lipinski definition) is 4. The van der Waals surface area contributed by atoms with Crippen LogP contribution >= 0.6 is 0 Å². The number of Topliss-reactive ketones (excluding diaryl/α,β-unsaturated/α-hetero) is 1. The van der Waals surface area contributed by atoms with Crippen molar-refractivity contribution in [3.05, 3.63) is 18.7 Å². The molecule has 0 amide bonds. The summed E-state index contributed by atoms with van der Waals surface area (Å²) in [4.78, 5) is 17.3. The Morgan fingerprint density at radius 2 is 1.97 bits per heavy atom. The molecule has 1 aromatic heterocycles. The van der Waals surface area contributed by atoms with Gasteiger partial charge >= 0.3 is 0 Å². The fraction of sp³-hybridized carbons (Fsp3) is 0.840. The van der Waals surface area contributed by atoms with Crippen molar-refractivity contribution in [3.8, 4) is 0 Å². The van der Waals surface area contributed by atoms with E-state index in [-0.39, 0.29) is 11.3 Å². The third-order valence-electron chi connectivity index (χ3n) is 9.80. The van der Waals surface area contributed by atoms with Crippen molar-refractivity contribution in [1.29, 1.82) is 0 Å². The van der Waals surface area contributed by atoms with Crippen LogP contribution in [-0.2, 0) is 16.1 Å². The van der Waals surface area contributed by atoms with E-state index in [0.29, 0.717) is 30.8 Å². The van der Waals surface area contributed by atoms with Crippen molar-refractivity contribution in [1.82, 2.24) is 9.55 Å². The monoisotopic (exact) mass is 414 g/mol. The van der Waals surface area contributed by atoms with Crippen LogP contribution in [-0.4, -0.2) is 39.8 Å². The lowest BCUT2D eigenvalue weighted by atomic mass is 9.49. The van der Waals surface area contributed by atoms with Crippen molar-refractivity contribution < 1.29 is 14.6 Å². The van der Waals surface area contributed by atoms with E-state index in [0.717, 1.165) is 43.4 Å². The van der Waals surface area contributed by atoms with E-state index in [1.807, 2.05) is 10.8 Å². The van der Waals surface area contributed by atoms with Crippen LogP contribution in [0.25, 0.3) is 0 Å². The van der Waals surface area contributed by atoms with E-state index in [2.05, 4.69) is 11.9 Å². The number of carbonyl (C=O) groups is 1. The molecule has 1 heterocycles. The number of ether oxygens (including phenoxy) is 1. The van der Waals surface area contributed by atoms with E-state index in [9.17, 15) is 9.90 Å². The zero-order chi connectivity index (χ0) is 20.9. The molecule has 5 unspecified atom stereocenters. The molecule has 4 fully saturated rings. The smallest absolute Gasteiger partial charge is 0.156 e. The summed E-state index contributed by atoms with van der Waals surface area (Å²) in [6, 6.07) is 0. The maximum absolute atomic E-state index is 13.2. The minimum atomic E-state index is -0.607. The maximum atomic E-state index is 13.2. The first-order valence-corrected chi connectivity index (χ1v) is 12.1. The van der Waals surface area contributed by atoms with Gasteiger partial charge in [0.2, 0.25) is 0 Å². The predicted octanol–water partition coefficient (Wildman–Crippen LogP) is 4.10. The van der Waals surface area contributed by atoms with Gasteiger partial charge in [0.15, 0.2) is 5.78 Å². The Labute approximate surface area is 180 Å². The molecule has 0 bridgehead atoms. The quantitative estimate of drug-likeness (QED) is 0.788. The number of aliphatic hydroxyl groups is 1. The maximum Gasteiger partial charge on any atom is 0.156 e. The largest absolute Gasteiger partial charge is 0.387 e. The molecule has 0 aliphatic heterocycles. The lowest BCUT2D eigenvalue weighted by Gasteiger charge is -2.57. The first kappa shape index (κ1) is 20.7. The second-order valence-corrected chi connectivity index (χ2v) is 11.2. The summed E-state index contributed by atoms with van der Waals surface area (Å²) < 4.78 is 7.25. The summed E-state index contributed by atoms with van der Waals surface area (Å²) in [5.41, 5.74) is -0.429. The van der Waals surface area contributed by atoms with E-state index < -0.39 is 5.60 Å². The predicted molar refractivity (Wildman–Crippen MR) is 115 cm³/mol. The SMILES string of the molecule is COC[C@@]1(O)CCC2C(CCC3C2CC[C@@]2(C)C3CC[C@@H]2C(=O)Cn2ccnc2)C1. The molecule has 4 aliphatic carbocycles. The summed E-state index contributed by atoms with van der Waals surface area (Å²) in [5, 5.41) is 10.9. The number of carbonyl (C=O) groups excluding carboxylic acids is 1. The highest BCUT2D eigenvalue weighted by atomic mass is 16.5. The highest BCUT2D eigenvalue weighted by molar-refractivity contribution is 5.82. The zero-order valence-electron chi connectivity index (χ0n) is 18.6. The Balaban J connectivity index is 1.29. The number of nitrogens with zero attached hydrogens (tertiary/aromatic N) is 2. The van der Waals surface area contributed by atoms with Crippen LogP contribution in [0.4, 0.5) is 0 Å². The van der Waals surface area contributed by atoms with Crippen LogP contribution in [0, 0.1) is 40.9 Å². The summed E-state index contributed by atoms with van der Waals surface area (Å²) in [7, 11) is 1.70. The van der Waals surface area contributed by atoms with Gasteiger partial charge in [-0.3, -0.25) is 4.79 Å². The van der Waals surface area contributed by atoms with Crippen molar-refractivity contribution in [3.63, 3.8) is 0 Å². The summed E-state index contributed by atoms with van der Waals surface area (Å²) >= 11 is 0. The second-order valence-electron chi connectivity index (χ2n) is 11.2. The Kier molecular flexibility index (Phi) is 5.34. The third kappa shape index (κ3) is 3.37. The molecule has 166 valence electrons. The van der Waals surface area contributed by atoms with Crippen LogP contribution in [0.1, 0.15) is 64.7 Å². The van der Waals surface area contributed by atoms with Crippen molar-refractivity contribution in [2.45, 2.75) is 76.9 Å². The fourth-order valence-electron chi connectivity index (χ4n) is 8.56. The Bertz CT molecular complexity index is 764. The molecule has 5 rings (SSSR count). The number of imidazole rings is 1. The lowest BCUT2D eigenvalue weighted by molar-refractivity contribution is -0.136. The van der Waals surface area contributed by atoms with Crippen LogP contribution < -0.4 is 0 Å². The van der Waals surface area contributed by atoms with Crippen molar-refractivity contribution in [2.24, 2.45) is 40.9 Å². The van der Waals surface area contributed by atoms with E-state index in [1.54, 1.807) is 19.6 Å². The molecular formula is C25H38N2O3. The van der Waals surface area contributed by atoms with E-state index in [4.69, 9.17) is 4.74 Å². The lowest BCUT2D eigenvalue weighted by Crippen LogP contribution is -2.52. The first-order chi connectivity index (χ1) is 14.4. The van der Waals surface area contributed by atoms with Crippen LogP contribution in [0.3, 0.4) is 0 Å². The molecule has 5 heteroatoms. The van der Waals surface area contributed by atoms with Gasteiger partial charge in [-0.05, 0) is 92.8 Å². The van der Waals surface area contributed by atoms with Gasteiger partial charge in [-0.15, -0.1) is 0 Å². The summed E-state index contributed by atoms with van der Waals surface area (Å²) in [5.74, 6) is 4.33. The van der Waals surface area contributed by atoms with Crippen LogP contribution in [0.5, 0.6) is 0 Å². The summed E-state index contributed by atoms with van der Waals surface area (Å²) in [6.45, 7) is 3.39. The van der Waals surface area contributed by atoms with Gasteiger partial charge in [0.05, 0.1) is 25.1 Å². The van der Waals surface area contributed by atoms with Gasteiger partial charge in [-0.25, -0.2) is 4.98 Å². The second kappa shape index (κ2) is 7.74. The highest BCUT2D eigenvalue weighted by Gasteiger charge is 2.58. The Morgan fingerprint density at radius 1 is 1.13 bits per heavy atom. The molecule has 8 atom stereocenters. The minimum absolute atomic E-state index is 0.178. The Morgan fingerprint density at radius 3 is 2.73 bits per heavy atom. The molecule has 1 aromatic rings. The molecule has 0 saturated heterocycles. The zero-order valence-corrected chi connectivity index (χ0v) is 18.6. The first-order valence-electron chi connectivity index (χ1n) is 12.1. The van der Waals surface area contributed by atoms with Gasteiger partial charge < -0.3 is 14.4 Å². The standard InChI is InChI=1S/C25H38N2O3/c1-24-9-7-19-18-8-10-25(29,15-30-2)13-17(18)3-4-20(19)21(24)5-6-22(24)23(28)14-27-12-11-26-16-27/h11-12,16-22,29H,3-10,13-15H2,1-2H3/t17?,18?,19?,20?,21?,22-,24+,25-/m1/s1. The molecule has 0 radical (unpaired) electrons. The van der Waals surface area contributed by atoms with Crippen molar-refractivity contribution in [2.75, 3.05) is 13.7 Å². The molecule has 5 nitrogen and oxygen atoms in total. The number of aromatic nitrogens is 2. The number of methoxy groups -OCH3 is 1. The van der Waals surface area contributed by atoms with Crippen molar-refractivity contribution >= 4 is 5.78 Å². The van der Waals surface area contributed by atoms with Crippen LogP contribution in [0.15, 0.2) is 18.7 Å². The topological polar surface area (TPSA) is 64.3 Å². The van der Waals surface area contributed by atoms with E-state index in [1.165, 1.54) is 32.1 Å². The highest BCUT2D eigenvalue weighted by Crippen LogP contribution is 2.64. The van der Waals surface area contributed by atoms with Gasteiger partial charge in [0, 0.05) is 25.4 Å². The van der Waals surface area contributed by atoms with E-state index >= 15 is 0 Å². The third-order valence-corrected chi connectivity index (χ3v) is 9.80. The molecule has 0 aromatic carbocycles. The van der Waals surface area contributed by atoms with Gasteiger partial charge in [0.1, 0.15) is 0 Å². The molecule has 1 N–H and O–H groups in total. The summed E-state index contributed by atoms with van der Waals surface area (Å²) in [6.07, 6.45) is 15.7. The van der Waals surface area contributed by atoms with Gasteiger partial charge in [-0.1, -0.05) is 6.92 Å². The molecule has 0 spiro atoms. The molecule has 4 aliphatic rings. The fourth-order valence-corrected chi connectivity index (χ4v) is 8.56. The van der Waals surface area contributed by atoms with Gasteiger partial charge in [-0.2, -0.15) is 0 Å². The van der Waals surface area contributed by atoms with Crippen LogP contribution in [0.2, 0.25) is 0 Å². The molecular weight excluding hydrogens is 376 g/mol. The average Bonchev–Trinajstić information content (AvgIpc) is 3.34. The number of rotatable bonds is 5. The number of ketones is 1.